The summed E-state index contributed by atoms with van der Waals surface area (Å²) >= 11 is 0. The summed E-state index contributed by atoms with van der Waals surface area (Å²) in [6.45, 7) is 7.95. The van der Waals surface area contributed by atoms with Crippen LogP contribution in [-0.2, 0) is 4.74 Å². The van der Waals surface area contributed by atoms with Crippen molar-refractivity contribution in [3.05, 3.63) is 0 Å². The molecule has 0 bridgehead atoms. The van der Waals surface area contributed by atoms with Crippen LogP contribution in [-0.4, -0.2) is 43.8 Å². The SMILES string of the molecule is COCC1CCN(C2CCCC(C)(C)C2N)C1. The van der Waals surface area contributed by atoms with Gasteiger partial charge in [0.15, 0.2) is 0 Å². The quantitative estimate of drug-likeness (QED) is 0.818. The van der Waals surface area contributed by atoms with E-state index in [9.17, 15) is 0 Å². The van der Waals surface area contributed by atoms with E-state index in [1.165, 1.54) is 38.8 Å². The van der Waals surface area contributed by atoms with Crippen LogP contribution in [0.25, 0.3) is 0 Å². The molecule has 0 spiro atoms. The third-order valence-corrected chi connectivity index (χ3v) is 4.83. The molecule has 2 N–H and O–H groups in total. The summed E-state index contributed by atoms with van der Waals surface area (Å²) in [5, 5.41) is 0. The summed E-state index contributed by atoms with van der Waals surface area (Å²) in [5.41, 5.74) is 6.79. The zero-order valence-electron chi connectivity index (χ0n) is 11.6. The molecule has 0 aromatic carbocycles. The van der Waals surface area contributed by atoms with Gasteiger partial charge in [0.2, 0.25) is 0 Å². The Morgan fingerprint density at radius 2 is 2.12 bits per heavy atom. The highest BCUT2D eigenvalue weighted by Gasteiger charge is 2.40. The van der Waals surface area contributed by atoms with E-state index >= 15 is 0 Å². The lowest BCUT2D eigenvalue weighted by atomic mass is 9.71. The van der Waals surface area contributed by atoms with Crippen molar-refractivity contribution in [2.45, 2.75) is 51.6 Å². The van der Waals surface area contributed by atoms with E-state index in [0.717, 1.165) is 12.5 Å². The first-order valence-electron chi connectivity index (χ1n) is 7.03. The maximum absolute atomic E-state index is 6.48. The van der Waals surface area contributed by atoms with E-state index in [1.807, 2.05) is 0 Å². The predicted octanol–water partition coefficient (Wildman–Crippen LogP) is 1.86. The molecule has 1 heterocycles. The summed E-state index contributed by atoms with van der Waals surface area (Å²) in [5.74, 6) is 0.720. The average Bonchev–Trinajstić information content (AvgIpc) is 2.71. The molecular formula is C14H28N2O. The monoisotopic (exact) mass is 240 g/mol. The molecule has 3 nitrogen and oxygen atoms in total. The fourth-order valence-corrected chi connectivity index (χ4v) is 3.58. The van der Waals surface area contributed by atoms with Gasteiger partial charge >= 0.3 is 0 Å². The van der Waals surface area contributed by atoms with E-state index in [1.54, 1.807) is 7.11 Å². The molecule has 100 valence electrons. The molecule has 0 aromatic heterocycles. The van der Waals surface area contributed by atoms with E-state index in [2.05, 4.69) is 18.7 Å². The third-order valence-electron chi connectivity index (χ3n) is 4.83. The summed E-state index contributed by atoms with van der Waals surface area (Å²) < 4.78 is 5.27. The number of nitrogens with two attached hydrogens (primary N) is 1. The van der Waals surface area contributed by atoms with Crippen molar-refractivity contribution < 1.29 is 4.74 Å². The van der Waals surface area contributed by atoms with Crippen LogP contribution < -0.4 is 5.73 Å². The highest BCUT2D eigenvalue weighted by molar-refractivity contribution is 4.97. The maximum atomic E-state index is 6.48. The Bertz CT molecular complexity index is 255. The molecule has 3 unspecified atom stereocenters. The van der Waals surface area contributed by atoms with Crippen LogP contribution in [0.1, 0.15) is 39.5 Å². The second-order valence-electron chi connectivity index (χ2n) is 6.58. The van der Waals surface area contributed by atoms with Crippen LogP contribution in [0.2, 0.25) is 0 Å². The van der Waals surface area contributed by atoms with Gasteiger partial charge < -0.3 is 10.5 Å². The Morgan fingerprint density at radius 1 is 1.35 bits per heavy atom. The molecule has 0 radical (unpaired) electrons. The smallest absolute Gasteiger partial charge is 0.0503 e. The Labute approximate surface area is 106 Å². The van der Waals surface area contributed by atoms with Gasteiger partial charge in [-0.05, 0) is 37.1 Å². The van der Waals surface area contributed by atoms with Crippen LogP contribution in [0.5, 0.6) is 0 Å². The topological polar surface area (TPSA) is 38.5 Å². The second kappa shape index (κ2) is 5.25. The van der Waals surface area contributed by atoms with Crippen LogP contribution in [0.3, 0.4) is 0 Å². The van der Waals surface area contributed by atoms with Gasteiger partial charge in [0.05, 0.1) is 6.61 Å². The molecule has 0 amide bonds. The van der Waals surface area contributed by atoms with Gasteiger partial charge in [-0.2, -0.15) is 0 Å². The van der Waals surface area contributed by atoms with Gasteiger partial charge in [0, 0.05) is 25.7 Å². The maximum Gasteiger partial charge on any atom is 0.0503 e. The number of nitrogens with zero attached hydrogens (tertiary/aromatic N) is 1. The first-order chi connectivity index (χ1) is 8.04. The van der Waals surface area contributed by atoms with E-state index in [0.29, 0.717) is 17.5 Å². The fraction of sp³-hybridized carbons (Fsp3) is 1.00. The first-order valence-corrected chi connectivity index (χ1v) is 7.03. The fourth-order valence-electron chi connectivity index (χ4n) is 3.58. The summed E-state index contributed by atoms with van der Waals surface area (Å²) in [6, 6.07) is 0.929. The summed E-state index contributed by atoms with van der Waals surface area (Å²) in [4.78, 5) is 2.62. The predicted molar refractivity (Wildman–Crippen MR) is 71.0 cm³/mol. The lowest BCUT2D eigenvalue weighted by Gasteiger charge is -2.45. The van der Waals surface area contributed by atoms with Crippen molar-refractivity contribution in [3.63, 3.8) is 0 Å². The molecule has 1 saturated carbocycles. The molecule has 2 aliphatic rings. The van der Waals surface area contributed by atoms with Gasteiger partial charge in [0.25, 0.3) is 0 Å². The Morgan fingerprint density at radius 3 is 2.82 bits per heavy atom. The Kier molecular flexibility index (Phi) is 4.11. The van der Waals surface area contributed by atoms with Crippen LogP contribution in [0.15, 0.2) is 0 Å². The van der Waals surface area contributed by atoms with Gasteiger partial charge in [0.1, 0.15) is 0 Å². The normalized spacial score (nSPS) is 38.5. The molecule has 3 heteroatoms. The summed E-state index contributed by atoms with van der Waals surface area (Å²) in [6.07, 6.45) is 5.17. The zero-order valence-corrected chi connectivity index (χ0v) is 11.6. The summed E-state index contributed by atoms with van der Waals surface area (Å²) in [7, 11) is 1.80. The van der Waals surface area contributed by atoms with Gasteiger partial charge in [-0.3, -0.25) is 4.90 Å². The van der Waals surface area contributed by atoms with Crippen molar-refractivity contribution in [1.82, 2.24) is 4.90 Å². The average molecular weight is 240 g/mol. The molecule has 2 rings (SSSR count). The van der Waals surface area contributed by atoms with E-state index in [4.69, 9.17) is 10.5 Å². The van der Waals surface area contributed by atoms with Crippen molar-refractivity contribution in [3.8, 4) is 0 Å². The molecule has 0 aromatic rings. The first kappa shape index (κ1) is 13.3. The van der Waals surface area contributed by atoms with E-state index in [-0.39, 0.29) is 0 Å². The van der Waals surface area contributed by atoms with Crippen LogP contribution in [0, 0.1) is 11.3 Å². The lowest BCUT2D eigenvalue weighted by Crippen LogP contribution is -2.56. The number of hydrogen-bond donors (Lipinski definition) is 1. The number of rotatable bonds is 3. The highest BCUT2D eigenvalue weighted by atomic mass is 16.5. The zero-order chi connectivity index (χ0) is 12.5. The molecule has 1 saturated heterocycles. The van der Waals surface area contributed by atoms with E-state index < -0.39 is 0 Å². The number of methoxy groups -OCH3 is 1. The molecule has 17 heavy (non-hydrogen) atoms. The van der Waals surface area contributed by atoms with Crippen LogP contribution >= 0.6 is 0 Å². The van der Waals surface area contributed by atoms with Crippen molar-refractivity contribution in [2.24, 2.45) is 17.1 Å². The van der Waals surface area contributed by atoms with Crippen molar-refractivity contribution in [1.29, 1.82) is 0 Å². The molecule has 1 aliphatic heterocycles. The molecule has 2 fully saturated rings. The number of ether oxygens (including phenoxy) is 1. The Balaban J connectivity index is 1.94. The molecule has 1 aliphatic carbocycles. The Hall–Kier alpha value is -0.120. The van der Waals surface area contributed by atoms with Gasteiger partial charge in [-0.15, -0.1) is 0 Å². The van der Waals surface area contributed by atoms with Crippen molar-refractivity contribution >= 4 is 0 Å². The van der Waals surface area contributed by atoms with Crippen LogP contribution in [0.4, 0.5) is 0 Å². The molecule has 3 atom stereocenters. The molecular weight excluding hydrogens is 212 g/mol. The standard InChI is InChI=1S/C14H28N2O/c1-14(2)7-4-5-12(13(14)15)16-8-6-11(9-16)10-17-3/h11-13H,4-10,15H2,1-3H3. The minimum absolute atomic E-state index is 0.308. The minimum Gasteiger partial charge on any atom is -0.384 e. The lowest BCUT2D eigenvalue weighted by molar-refractivity contribution is 0.0760. The second-order valence-corrected chi connectivity index (χ2v) is 6.58. The number of likely N-dealkylation sites (tertiary alicyclic amines) is 1. The third kappa shape index (κ3) is 2.83. The highest BCUT2D eigenvalue weighted by Crippen LogP contribution is 2.37. The van der Waals surface area contributed by atoms with Crippen molar-refractivity contribution in [2.75, 3.05) is 26.8 Å². The minimum atomic E-state index is 0.308. The largest absolute Gasteiger partial charge is 0.384 e. The van der Waals surface area contributed by atoms with Gasteiger partial charge in [-0.25, -0.2) is 0 Å². The number of hydrogen-bond acceptors (Lipinski definition) is 3. The van der Waals surface area contributed by atoms with Gasteiger partial charge in [-0.1, -0.05) is 20.3 Å².